The summed E-state index contributed by atoms with van der Waals surface area (Å²) < 4.78 is 2.01. The van der Waals surface area contributed by atoms with E-state index in [9.17, 15) is 9.90 Å². The summed E-state index contributed by atoms with van der Waals surface area (Å²) in [5.41, 5.74) is 0. The molecule has 1 saturated heterocycles. The molecule has 6 heteroatoms. The first kappa shape index (κ1) is 16.3. The molecule has 0 aromatic carbocycles. The van der Waals surface area contributed by atoms with Crippen LogP contribution in [0.3, 0.4) is 0 Å². The summed E-state index contributed by atoms with van der Waals surface area (Å²) in [4.78, 5) is 14.2. The van der Waals surface area contributed by atoms with Crippen molar-refractivity contribution in [1.29, 1.82) is 0 Å². The van der Waals surface area contributed by atoms with Gasteiger partial charge in [0.15, 0.2) is 5.82 Å². The van der Waals surface area contributed by atoms with E-state index in [4.69, 9.17) is 0 Å². The van der Waals surface area contributed by atoms with Crippen LogP contribution >= 0.6 is 0 Å². The van der Waals surface area contributed by atoms with E-state index in [2.05, 4.69) is 10.4 Å². The maximum Gasteiger partial charge on any atom is 0.323 e. The van der Waals surface area contributed by atoms with Crippen LogP contribution < -0.4 is 5.32 Å². The maximum atomic E-state index is 12.4. The van der Waals surface area contributed by atoms with Gasteiger partial charge in [-0.05, 0) is 38.0 Å². The molecule has 1 atom stereocenters. The molecule has 0 unspecified atom stereocenters. The molecule has 2 amide bonds. The monoisotopic (exact) mass is 320 g/mol. The number of likely N-dealkylation sites (tertiary alicyclic amines) is 1. The van der Waals surface area contributed by atoms with Crippen LogP contribution in [0.2, 0.25) is 0 Å². The van der Waals surface area contributed by atoms with Gasteiger partial charge in [0.1, 0.15) is 0 Å². The number of amides is 2. The molecule has 2 N–H and O–H groups in total. The van der Waals surface area contributed by atoms with E-state index < -0.39 is 0 Å². The number of hydrogen-bond acceptors (Lipinski definition) is 3. The number of carbonyl (C=O) groups is 1. The topological polar surface area (TPSA) is 70.4 Å². The van der Waals surface area contributed by atoms with Gasteiger partial charge >= 0.3 is 6.03 Å². The average Bonchev–Trinajstić information content (AvgIpc) is 2.91. The molecule has 23 heavy (non-hydrogen) atoms. The van der Waals surface area contributed by atoms with Crippen molar-refractivity contribution in [3.05, 3.63) is 12.3 Å². The zero-order valence-corrected chi connectivity index (χ0v) is 13.8. The van der Waals surface area contributed by atoms with Crippen molar-refractivity contribution in [2.24, 2.45) is 5.92 Å². The maximum absolute atomic E-state index is 12.4. The lowest BCUT2D eigenvalue weighted by Crippen LogP contribution is -2.36. The van der Waals surface area contributed by atoms with Crippen molar-refractivity contribution in [3.63, 3.8) is 0 Å². The number of nitrogens with one attached hydrogen (secondary N) is 1. The molecule has 1 aliphatic heterocycles. The molecule has 1 aromatic heterocycles. The van der Waals surface area contributed by atoms with E-state index in [1.165, 1.54) is 32.1 Å². The Morgan fingerprint density at radius 2 is 2.00 bits per heavy atom. The van der Waals surface area contributed by atoms with Crippen molar-refractivity contribution >= 4 is 11.8 Å². The quantitative estimate of drug-likeness (QED) is 0.899. The van der Waals surface area contributed by atoms with Gasteiger partial charge in [0.05, 0.1) is 6.04 Å². The summed E-state index contributed by atoms with van der Waals surface area (Å²) in [5.74, 6) is 0.974. The number of nitrogens with zero attached hydrogens (tertiary/aromatic N) is 3. The van der Waals surface area contributed by atoms with E-state index >= 15 is 0 Å². The Bertz CT molecular complexity index is 510. The molecule has 2 fully saturated rings. The largest absolute Gasteiger partial charge is 0.396 e. The van der Waals surface area contributed by atoms with Gasteiger partial charge in [-0.25, -0.2) is 4.79 Å². The van der Waals surface area contributed by atoms with Crippen LogP contribution in [0, 0.1) is 5.92 Å². The smallest absolute Gasteiger partial charge is 0.323 e. The van der Waals surface area contributed by atoms with E-state index in [1.54, 1.807) is 0 Å². The lowest BCUT2D eigenvalue weighted by Gasteiger charge is -2.22. The van der Waals surface area contributed by atoms with Crippen LogP contribution in [0.5, 0.6) is 0 Å². The summed E-state index contributed by atoms with van der Waals surface area (Å²) >= 11 is 0. The Morgan fingerprint density at radius 1 is 1.17 bits per heavy atom. The molecule has 0 bridgehead atoms. The first-order chi connectivity index (χ1) is 11.3. The van der Waals surface area contributed by atoms with Crippen LogP contribution in [0.1, 0.15) is 57.4 Å². The first-order valence-corrected chi connectivity index (χ1v) is 8.98. The van der Waals surface area contributed by atoms with Crippen LogP contribution in [-0.4, -0.2) is 45.5 Å². The molecule has 2 heterocycles. The Labute approximate surface area is 137 Å². The van der Waals surface area contributed by atoms with Crippen LogP contribution in [0.15, 0.2) is 12.3 Å². The lowest BCUT2D eigenvalue weighted by molar-refractivity contribution is 0.202. The van der Waals surface area contributed by atoms with Crippen LogP contribution in [-0.2, 0) is 0 Å². The fourth-order valence-electron chi connectivity index (χ4n) is 3.69. The number of anilines is 1. The summed E-state index contributed by atoms with van der Waals surface area (Å²) in [6.07, 6.45) is 11.0. The minimum atomic E-state index is -0.0718. The second-order valence-corrected chi connectivity index (χ2v) is 6.87. The predicted octanol–water partition coefficient (Wildman–Crippen LogP) is 3.01. The zero-order chi connectivity index (χ0) is 16.1. The Hall–Kier alpha value is -1.56. The summed E-state index contributed by atoms with van der Waals surface area (Å²) in [6.45, 7) is 1.69. The van der Waals surface area contributed by atoms with Gasteiger partial charge in [-0.3, -0.25) is 10.00 Å². The molecule has 6 nitrogen and oxygen atoms in total. The van der Waals surface area contributed by atoms with Crippen molar-refractivity contribution in [2.75, 3.05) is 25.0 Å². The number of hydrogen-bond donors (Lipinski definition) is 2. The predicted molar refractivity (Wildman–Crippen MR) is 89.4 cm³/mol. The van der Waals surface area contributed by atoms with Gasteiger partial charge in [-0.2, -0.15) is 5.10 Å². The second-order valence-electron chi connectivity index (χ2n) is 6.87. The molecule has 0 radical (unpaired) electrons. The third kappa shape index (κ3) is 4.25. The summed E-state index contributed by atoms with van der Waals surface area (Å²) in [7, 11) is 0. The number of rotatable bonds is 3. The fourth-order valence-corrected chi connectivity index (χ4v) is 3.69. The molecule has 128 valence electrons. The van der Waals surface area contributed by atoms with Gasteiger partial charge in [0.25, 0.3) is 0 Å². The fraction of sp³-hybridized carbons (Fsp3) is 0.765. The number of carbonyl (C=O) groups excluding carboxylic acids is 1. The third-order valence-corrected chi connectivity index (χ3v) is 5.19. The lowest BCUT2D eigenvalue weighted by atomic mass is 9.96. The highest BCUT2D eigenvalue weighted by molar-refractivity contribution is 5.88. The first-order valence-electron chi connectivity index (χ1n) is 8.98. The molecular weight excluding hydrogens is 292 g/mol. The SMILES string of the molecule is O=C(Nc1ccn(C2CCCCC2)n1)N1CCC[C@H](CO)CC1. The van der Waals surface area contributed by atoms with E-state index in [-0.39, 0.29) is 12.6 Å². The number of aromatic nitrogens is 2. The molecule has 0 spiro atoms. The molecule has 1 aliphatic carbocycles. The normalized spacial score (nSPS) is 23.5. The minimum absolute atomic E-state index is 0.0718. The molecular formula is C17H28N4O2. The Balaban J connectivity index is 1.54. The highest BCUT2D eigenvalue weighted by Gasteiger charge is 2.21. The highest BCUT2D eigenvalue weighted by Crippen LogP contribution is 2.28. The summed E-state index contributed by atoms with van der Waals surface area (Å²) in [5, 5.41) is 16.7. The van der Waals surface area contributed by atoms with E-state index in [0.717, 1.165) is 25.8 Å². The average molecular weight is 320 g/mol. The van der Waals surface area contributed by atoms with Crippen molar-refractivity contribution in [1.82, 2.24) is 14.7 Å². The van der Waals surface area contributed by atoms with Crippen LogP contribution in [0.25, 0.3) is 0 Å². The van der Waals surface area contributed by atoms with Gasteiger partial charge in [-0.1, -0.05) is 19.3 Å². The number of aliphatic hydroxyl groups is 1. The Morgan fingerprint density at radius 3 is 2.78 bits per heavy atom. The van der Waals surface area contributed by atoms with E-state index in [1.807, 2.05) is 21.8 Å². The minimum Gasteiger partial charge on any atom is -0.396 e. The molecule has 1 aromatic rings. The van der Waals surface area contributed by atoms with E-state index in [0.29, 0.717) is 24.3 Å². The van der Waals surface area contributed by atoms with Gasteiger partial charge in [0, 0.05) is 32.0 Å². The Kier molecular flexibility index (Phi) is 5.54. The number of aliphatic hydroxyl groups excluding tert-OH is 1. The van der Waals surface area contributed by atoms with Gasteiger partial charge in [-0.15, -0.1) is 0 Å². The second kappa shape index (κ2) is 7.81. The van der Waals surface area contributed by atoms with Crippen LogP contribution in [0.4, 0.5) is 10.6 Å². The highest BCUT2D eigenvalue weighted by atomic mass is 16.3. The van der Waals surface area contributed by atoms with Gasteiger partial charge in [0.2, 0.25) is 0 Å². The van der Waals surface area contributed by atoms with Crippen molar-refractivity contribution in [2.45, 2.75) is 57.4 Å². The third-order valence-electron chi connectivity index (χ3n) is 5.19. The standard InChI is InChI=1S/C17H28N4O2/c22-13-14-5-4-10-20(11-8-14)17(23)18-16-9-12-21(19-16)15-6-2-1-3-7-15/h9,12,14-15,22H,1-8,10-11,13H2,(H,18,19,23)/t14-/m0/s1. The zero-order valence-electron chi connectivity index (χ0n) is 13.8. The van der Waals surface area contributed by atoms with Crippen molar-refractivity contribution in [3.8, 4) is 0 Å². The van der Waals surface area contributed by atoms with Crippen molar-refractivity contribution < 1.29 is 9.90 Å². The van der Waals surface area contributed by atoms with Gasteiger partial charge < -0.3 is 10.0 Å². The number of urea groups is 1. The summed E-state index contributed by atoms with van der Waals surface area (Å²) in [6, 6.07) is 2.30. The molecule has 3 rings (SSSR count). The molecule has 2 aliphatic rings. The molecule has 1 saturated carbocycles.